The Bertz CT molecular complexity index is 1480. The number of carbonyl (C=O) groups is 1. The number of carbonyl (C=O) groups excluding carboxylic acids is 1. The molecule has 0 spiro atoms. The number of hydrogen-bond donors (Lipinski definition) is 1. The van der Waals surface area contributed by atoms with Gasteiger partial charge in [-0.2, -0.15) is 5.26 Å². The van der Waals surface area contributed by atoms with Gasteiger partial charge in [0.2, 0.25) is 0 Å². The van der Waals surface area contributed by atoms with Crippen molar-refractivity contribution in [3.63, 3.8) is 0 Å². The lowest BCUT2D eigenvalue weighted by Gasteiger charge is -2.13. The van der Waals surface area contributed by atoms with Crippen LogP contribution in [0.4, 0.5) is 5.69 Å². The van der Waals surface area contributed by atoms with Crippen molar-refractivity contribution in [1.29, 1.82) is 5.26 Å². The van der Waals surface area contributed by atoms with E-state index in [2.05, 4.69) is 39.4 Å². The lowest BCUT2D eigenvalue weighted by molar-refractivity contribution is -0.112. The second-order valence-electron chi connectivity index (χ2n) is 7.78. The molecule has 7 heteroatoms. The molecule has 0 fully saturated rings. The summed E-state index contributed by atoms with van der Waals surface area (Å²) in [6.07, 6.45) is 1.47. The zero-order valence-electron chi connectivity index (χ0n) is 18.6. The number of ether oxygens (including phenoxy) is 1. The van der Waals surface area contributed by atoms with E-state index < -0.39 is 5.91 Å². The summed E-state index contributed by atoms with van der Waals surface area (Å²) < 4.78 is 6.65. The number of nitrogens with zero attached hydrogens (tertiary/aromatic N) is 1. The maximum absolute atomic E-state index is 12.7. The van der Waals surface area contributed by atoms with Gasteiger partial charge in [0, 0.05) is 10.7 Å². The standard InChI is InChI=1S/C28H19BrCl2N2O2/c1-17-24(30)10-5-11-26(17)33-28(34)21(15-32)12-18-13-23(29)27(25(31)14-18)35-16-20-8-4-7-19-6-2-3-9-22(19)20/h2-14H,16H2,1H3,(H,33,34)/b21-12-. The van der Waals surface area contributed by atoms with Crippen LogP contribution in [0.2, 0.25) is 10.0 Å². The Morgan fingerprint density at radius 3 is 2.57 bits per heavy atom. The topological polar surface area (TPSA) is 62.1 Å². The molecule has 4 aromatic rings. The molecule has 0 aliphatic rings. The lowest BCUT2D eigenvalue weighted by Crippen LogP contribution is -2.14. The fourth-order valence-electron chi connectivity index (χ4n) is 3.62. The number of anilines is 1. The van der Waals surface area contributed by atoms with Gasteiger partial charge in [-0.25, -0.2) is 0 Å². The van der Waals surface area contributed by atoms with Crippen molar-refractivity contribution in [2.24, 2.45) is 0 Å². The van der Waals surface area contributed by atoms with E-state index >= 15 is 0 Å². The fraction of sp³-hybridized carbons (Fsp3) is 0.0714. The quantitative estimate of drug-likeness (QED) is 0.189. The zero-order chi connectivity index (χ0) is 24.9. The van der Waals surface area contributed by atoms with Crippen LogP contribution in [0.15, 0.2) is 82.8 Å². The van der Waals surface area contributed by atoms with E-state index in [1.165, 1.54) is 6.08 Å². The first-order valence-electron chi connectivity index (χ1n) is 10.6. The minimum atomic E-state index is -0.540. The zero-order valence-corrected chi connectivity index (χ0v) is 21.7. The molecule has 1 N–H and O–H groups in total. The molecule has 4 aromatic carbocycles. The molecule has 0 saturated carbocycles. The van der Waals surface area contributed by atoms with Gasteiger partial charge in [0.05, 0.1) is 9.50 Å². The van der Waals surface area contributed by atoms with Gasteiger partial charge in [-0.15, -0.1) is 0 Å². The fourth-order valence-corrected chi connectivity index (χ4v) is 4.78. The first kappa shape index (κ1) is 24.8. The highest BCUT2D eigenvalue weighted by Crippen LogP contribution is 2.36. The van der Waals surface area contributed by atoms with Gasteiger partial charge < -0.3 is 10.1 Å². The van der Waals surface area contributed by atoms with Crippen molar-refractivity contribution < 1.29 is 9.53 Å². The molecular formula is C28H19BrCl2N2O2. The van der Waals surface area contributed by atoms with Crippen LogP contribution in [-0.4, -0.2) is 5.91 Å². The average molecular weight is 566 g/mol. The summed E-state index contributed by atoms with van der Waals surface area (Å²) >= 11 is 16.1. The molecule has 0 atom stereocenters. The first-order chi connectivity index (χ1) is 16.9. The van der Waals surface area contributed by atoms with E-state index in [1.807, 2.05) is 30.3 Å². The van der Waals surface area contributed by atoms with Crippen molar-refractivity contribution in [1.82, 2.24) is 0 Å². The molecule has 0 aliphatic carbocycles. The summed E-state index contributed by atoms with van der Waals surface area (Å²) in [5.41, 5.74) is 2.80. The number of nitrogens with one attached hydrogen (secondary N) is 1. The number of benzene rings is 4. The monoisotopic (exact) mass is 564 g/mol. The summed E-state index contributed by atoms with van der Waals surface area (Å²) in [7, 11) is 0. The van der Waals surface area contributed by atoms with Gasteiger partial charge in [0.25, 0.3) is 5.91 Å². The summed E-state index contributed by atoms with van der Waals surface area (Å²) in [6.45, 7) is 2.13. The molecule has 0 radical (unpaired) electrons. The highest BCUT2D eigenvalue weighted by atomic mass is 79.9. The van der Waals surface area contributed by atoms with Crippen LogP contribution in [-0.2, 0) is 11.4 Å². The van der Waals surface area contributed by atoms with Gasteiger partial charge in [-0.05, 0) is 80.7 Å². The van der Waals surface area contributed by atoms with Gasteiger partial charge in [-0.3, -0.25) is 4.79 Å². The second kappa shape index (κ2) is 11.0. The predicted octanol–water partition coefficient (Wildman–Crippen LogP) is 8.34. The number of hydrogen-bond acceptors (Lipinski definition) is 3. The first-order valence-corrected chi connectivity index (χ1v) is 12.2. The Balaban J connectivity index is 1.54. The van der Waals surface area contributed by atoms with Crippen LogP contribution >= 0.6 is 39.1 Å². The molecule has 0 bridgehead atoms. The minimum Gasteiger partial charge on any atom is -0.486 e. The minimum absolute atomic E-state index is 0.0724. The van der Waals surface area contributed by atoms with Crippen molar-refractivity contribution in [2.75, 3.05) is 5.32 Å². The number of amides is 1. The van der Waals surface area contributed by atoms with Crippen LogP contribution < -0.4 is 10.1 Å². The van der Waals surface area contributed by atoms with E-state index in [-0.39, 0.29) is 5.57 Å². The van der Waals surface area contributed by atoms with Gasteiger partial charge in [-0.1, -0.05) is 71.7 Å². The Morgan fingerprint density at radius 1 is 1.06 bits per heavy atom. The van der Waals surface area contributed by atoms with Crippen molar-refractivity contribution >= 4 is 67.6 Å². The maximum Gasteiger partial charge on any atom is 0.266 e. The van der Waals surface area contributed by atoms with Gasteiger partial charge >= 0.3 is 0 Å². The second-order valence-corrected chi connectivity index (χ2v) is 9.45. The predicted molar refractivity (Wildman–Crippen MR) is 146 cm³/mol. The SMILES string of the molecule is Cc1c(Cl)cccc1NC(=O)/C(C#N)=C\c1cc(Cl)c(OCc2cccc3ccccc23)c(Br)c1. The summed E-state index contributed by atoms with van der Waals surface area (Å²) in [4.78, 5) is 12.7. The molecule has 1 amide bonds. The molecule has 0 heterocycles. The smallest absolute Gasteiger partial charge is 0.266 e. The van der Waals surface area contributed by atoms with Crippen LogP contribution in [0.25, 0.3) is 16.8 Å². The van der Waals surface area contributed by atoms with E-state index in [4.69, 9.17) is 27.9 Å². The average Bonchev–Trinajstić information content (AvgIpc) is 2.85. The molecule has 4 rings (SSSR count). The molecule has 0 unspecified atom stereocenters. The molecular weight excluding hydrogens is 547 g/mol. The van der Waals surface area contributed by atoms with Crippen molar-refractivity contribution in [3.05, 3.63) is 110 Å². The summed E-state index contributed by atoms with van der Waals surface area (Å²) in [6, 6.07) is 24.7. The van der Waals surface area contributed by atoms with Crippen molar-refractivity contribution in [2.45, 2.75) is 13.5 Å². The molecule has 4 nitrogen and oxygen atoms in total. The summed E-state index contributed by atoms with van der Waals surface area (Å²) in [5, 5.41) is 15.4. The molecule has 0 saturated heterocycles. The Morgan fingerprint density at radius 2 is 1.80 bits per heavy atom. The van der Waals surface area contributed by atoms with E-state index in [0.717, 1.165) is 21.9 Å². The third-order valence-corrected chi connectivity index (χ3v) is 6.74. The van der Waals surface area contributed by atoms with E-state index in [0.29, 0.717) is 38.1 Å². The van der Waals surface area contributed by atoms with Crippen LogP contribution in [0.1, 0.15) is 16.7 Å². The number of nitriles is 1. The number of rotatable bonds is 6. The van der Waals surface area contributed by atoms with Crippen LogP contribution in [0.5, 0.6) is 5.75 Å². The van der Waals surface area contributed by atoms with Gasteiger partial charge in [0.1, 0.15) is 18.2 Å². The number of halogens is 3. The Labute approximate surface area is 221 Å². The normalized spacial score (nSPS) is 11.2. The van der Waals surface area contributed by atoms with E-state index in [9.17, 15) is 10.1 Å². The lowest BCUT2D eigenvalue weighted by atomic mass is 10.1. The molecule has 0 aliphatic heterocycles. The Hall–Kier alpha value is -3.30. The highest BCUT2D eigenvalue weighted by molar-refractivity contribution is 9.10. The van der Waals surface area contributed by atoms with Gasteiger partial charge in [0.15, 0.2) is 5.75 Å². The van der Waals surface area contributed by atoms with E-state index in [1.54, 1.807) is 37.3 Å². The third-order valence-electron chi connectivity index (χ3n) is 5.46. The molecule has 0 aromatic heterocycles. The Kier molecular flexibility index (Phi) is 7.77. The highest BCUT2D eigenvalue weighted by Gasteiger charge is 2.14. The van der Waals surface area contributed by atoms with Crippen LogP contribution in [0, 0.1) is 18.3 Å². The molecule has 35 heavy (non-hydrogen) atoms. The van der Waals surface area contributed by atoms with Crippen molar-refractivity contribution in [3.8, 4) is 11.8 Å². The van der Waals surface area contributed by atoms with Crippen LogP contribution in [0.3, 0.4) is 0 Å². The number of fused-ring (bicyclic) bond motifs is 1. The third kappa shape index (κ3) is 5.68. The summed E-state index contributed by atoms with van der Waals surface area (Å²) in [5.74, 6) is -0.0596. The largest absolute Gasteiger partial charge is 0.486 e. The molecule has 174 valence electrons. The maximum atomic E-state index is 12.7.